The molecule has 2 atom stereocenters. The lowest BCUT2D eigenvalue weighted by atomic mass is 9.94. The molecule has 8 nitrogen and oxygen atoms in total. The van der Waals surface area contributed by atoms with E-state index in [1.54, 1.807) is 13.5 Å². The molecule has 0 aliphatic carbocycles. The molecule has 3 fully saturated rings. The summed E-state index contributed by atoms with van der Waals surface area (Å²) >= 11 is 0. The van der Waals surface area contributed by atoms with Crippen LogP contribution in [-0.2, 0) is 19.7 Å². The smallest absolute Gasteiger partial charge is 0.282 e. The van der Waals surface area contributed by atoms with Crippen LogP contribution >= 0.6 is 0 Å². The molecule has 3 heterocycles. The topological polar surface area (TPSA) is 73.4 Å². The molecule has 3 aliphatic heterocycles. The van der Waals surface area contributed by atoms with Gasteiger partial charge in [0.1, 0.15) is 0 Å². The summed E-state index contributed by atoms with van der Waals surface area (Å²) in [5.74, 6) is 0.874. The molecule has 3 aliphatic rings. The first-order valence-corrected chi connectivity index (χ1v) is 11.1. The minimum atomic E-state index is -3.43. The van der Waals surface area contributed by atoms with Crippen LogP contribution in [0.4, 0.5) is 0 Å². The maximum Gasteiger partial charge on any atom is 0.282 e. The second-order valence-corrected chi connectivity index (χ2v) is 9.87. The van der Waals surface area contributed by atoms with Gasteiger partial charge in [0.15, 0.2) is 0 Å². The van der Waals surface area contributed by atoms with E-state index >= 15 is 0 Å². The van der Waals surface area contributed by atoms with E-state index in [0.717, 1.165) is 19.5 Å². The first kappa shape index (κ1) is 20.0. The number of carbonyl (C=O) groups excluding carboxylic acids is 1. The van der Waals surface area contributed by atoms with Crippen molar-refractivity contribution in [2.45, 2.75) is 20.3 Å². The van der Waals surface area contributed by atoms with Crippen LogP contribution in [-0.4, -0.2) is 105 Å². The van der Waals surface area contributed by atoms with Gasteiger partial charge < -0.3 is 9.64 Å². The molecule has 26 heavy (non-hydrogen) atoms. The van der Waals surface area contributed by atoms with Crippen molar-refractivity contribution in [3.05, 3.63) is 0 Å². The maximum atomic E-state index is 13.0. The Morgan fingerprint density at radius 2 is 1.50 bits per heavy atom. The van der Waals surface area contributed by atoms with Crippen LogP contribution in [0, 0.1) is 11.8 Å². The van der Waals surface area contributed by atoms with Gasteiger partial charge >= 0.3 is 0 Å². The Kier molecular flexibility index (Phi) is 6.55. The van der Waals surface area contributed by atoms with Crippen LogP contribution in [0.3, 0.4) is 0 Å². The number of ether oxygens (including phenoxy) is 1. The van der Waals surface area contributed by atoms with Crippen LogP contribution < -0.4 is 0 Å². The van der Waals surface area contributed by atoms with E-state index in [-0.39, 0.29) is 5.91 Å². The molecule has 0 saturated carbocycles. The maximum absolute atomic E-state index is 13.0. The van der Waals surface area contributed by atoms with E-state index < -0.39 is 10.2 Å². The molecule has 2 unspecified atom stereocenters. The van der Waals surface area contributed by atoms with Gasteiger partial charge in [-0.1, -0.05) is 13.8 Å². The quantitative estimate of drug-likeness (QED) is 0.660. The molecule has 3 rings (SSSR count). The standard InChI is InChI=1S/C17H32N4O4S/c1-15-11-16(2)13-21(12-15)26(23,24)20-5-3-19(4-6-20)17(22)14-18-7-9-25-10-8-18/h15-16H,3-14H2,1-2H3. The lowest BCUT2D eigenvalue weighted by Gasteiger charge is -2.40. The van der Waals surface area contributed by atoms with Gasteiger partial charge in [0.25, 0.3) is 10.2 Å². The van der Waals surface area contributed by atoms with Gasteiger partial charge in [0, 0.05) is 52.4 Å². The van der Waals surface area contributed by atoms with Crippen molar-refractivity contribution in [3.8, 4) is 0 Å². The van der Waals surface area contributed by atoms with Crippen molar-refractivity contribution in [1.82, 2.24) is 18.4 Å². The molecule has 0 aromatic carbocycles. The number of piperazine rings is 1. The number of carbonyl (C=O) groups is 1. The molecular weight excluding hydrogens is 356 g/mol. The second kappa shape index (κ2) is 8.52. The van der Waals surface area contributed by atoms with Crippen molar-refractivity contribution >= 4 is 16.1 Å². The third-order valence-corrected chi connectivity index (χ3v) is 7.51. The normalized spacial score (nSPS) is 30.5. The fourth-order valence-corrected chi connectivity index (χ4v) is 6.01. The third kappa shape index (κ3) is 4.75. The number of nitrogens with zero attached hydrogens (tertiary/aromatic N) is 4. The predicted octanol–water partition coefficient (Wildman–Crippen LogP) is -0.314. The van der Waals surface area contributed by atoms with E-state index in [1.807, 2.05) is 0 Å². The minimum absolute atomic E-state index is 0.0872. The molecule has 0 spiro atoms. The van der Waals surface area contributed by atoms with Gasteiger partial charge in [0.05, 0.1) is 19.8 Å². The summed E-state index contributed by atoms with van der Waals surface area (Å²) in [5, 5.41) is 0. The van der Waals surface area contributed by atoms with Crippen molar-refractivity contribution in [3.63, 3.8) is 0 Å². The van der Waals surface area contributed by atoms with E-state index in [9.17, 15) is 13.2 Å². The highest BCUT2D eigenvalue weighted by molar-refractivity contribution is 7.86. The number of hydrogen-bond donors (Lipinski definition) is 0. The Labute approximate surface area is 157 Å². The van der Waals surface area contributed by atoms with E-state index in [0.29, 0.717) is 70.9 Å². The Hall–Kier alpha value is -0.740. The first-order chi connectivity index (χ1) is 12.4. The zero-order valence-electron chi connectivity index (χ0n) is 16.0. The average molecular weight is 389 g/mol. The molecule has 150 valence electrons. The number of morpholine rings is 1. The zero-order valence-corrected chi connectivity index (χ0v) is 16.8. The lowest BCUT2D eigenvalue weighted by Crippen LogP contribution is -2.57. The SMILES string of the molecule is CC1CC(C)CN(S(=O)(=O)N2CCN(C(=O)CN3CCOCC3)CC2)C1. The van der Waals surface area contributed by atoms with Crippen molar-refractivity contribution < 1.29 is 17.9 Å². The first-order valence-electron chi connectivity index (χ1n) is 9.69. The number of hydrogen-bond acceptors (Lipinski definition) is 5. The van der Waals surface area contributed by atoms with Crippen molar-refractivity contribution in [2.75, 3.05) is 72.1 Å². The van der Waals surface area contributed by atoms with Crippen LogP contribution in [0.5, 0.6) is 0 Å². The zero-order chi connectivity index (χ0) is 18.7. The number of rotatable bonds is 4. The number of amides is 1. The summed E-state index contributed by atoms with van der Waals surface area (Å²) in [5.41, 5.74) is 0. The summed E-state index contributed by atoms with van der Waals surface area (Å²) in [4.78, 5) is 16.4. The highest BCUT2D eigenvalue weighted by Gasteiger charge is 2.37. The Morgan fingerprint density at radius 1 is 0.923 bits per heavy atom. The molecule has 1 amide bonds. The van der Waals surface area contributed by atoms with Gasteiger partial charge in [-0.3, -0.25) is 9.69 Å². The van der Waals surface area contributed by atoms with Crippen LogP contribution in [0.25, 0.3) is 0 Å². The Balaban J connectivity index is 1.51. The predicted molar refractivity (Wildman–Crippen MR) is 98.8 cm³/mol. The molecule has 9 heteroatoms. The van der Waals surface area contributed by atoms with Gasteiger partial charge in [-0.2, -0.15) is 17.0 Å². The highest BCUT2D eigenvalue weighted by atomic mass is 32.2. The summed E-state index contributed by atoms with van der Waals surface area (Å²) in [7, 11) is -3.43. The lowest BCUT2D eigenvalue weighted by molar-refractivity contribution is -0.134. The van der Waals surface area contributed by atoms with Gasteiger partial charge in [-0.15, -0.1) is 0 Å². The summed E-state index contributed by atoms with van der Waals surface area (Å²) in [6.45, 7) is 10.5. The van der Waals surface area contributed by atoms with Crippen LogP contribution in [0.15, 0.2) is 0 Å². The van der Waals surface area contributed by atoms with Gasteiger partial charge in [-0.05, 0) is 18.3 Å². The monoisotopic (exact) mass is 388 g/mol. The largest absolute Gasteiger partial charge is 0.379 e. The van der Waals surface area contributed by atoms with E-state index in [4.69, 9.17) is 4.74 Å². The van der Waals surface area contributed by atoms with Crippen LogP contribution in [0.1, 0.15) is 20.3 Å². The fraction of sp³-hybridized carbons (Fsp3) is 0.941. The van der Waals surface area contributed by atoms with Gasteiger partial charge in [0.2, 0.25) is 5.91 Å². The fourth-order valence-electron chi connectivity index (χ4n) is 4.18. The summed E-state index contributed by atoms with van der Waals surface area (Å²) in [6, 6.07) is 0. The highest BCUT2D eigenvalue weighted by Crippen LogP contribution is 2.25. The Morgan fingerprint density at radius 3 is 2.08 bits per heavy atom. The second-order valence-electron chi connectivity index (χ2n) is 7.94. The third-order valence-electron chi connectivity index (χ3n) is 5.54. The molecule has 0 radical (unpaired) electrons. The molecule has 0 aromatic heterocycles. The van der Waals surface area contributed by atoms with Crippen molar-refractivity contribution in [2.24, 2.45) is 11.8 Å². The summed E-state index contributed by atoms with van der Waals surface area (Å²) < 4.78 is 34.4. The van der Waals surface area contributed by atoms with E-state index in [2.05, 4.69) is 18.7 Å². The summed E-state index contributed by atoms with van der Waals surface area (Å²) in [6.07, 6.45) is 1.08. The molecule has 0 N–H and O–H groups in total. The average Bonchev–Trinajstić information content (AvgIpc) is 2.62. The van der Waals surface area contributed by atoms with Gasteiger partial charge in [-0.25, -0.2) is 0 Å². The molecular formula is C17H32N4O4S. The van der Waals surface area contributed by atoms with Crippen molar-refractivity contribution in [1.29, 1.82) is 0 Å². The van der Waals surface area contributed by atoms with Crippen LogP contribution in [0.2, 0.25) is 0 Å². The number of piperidine rings is 1. The molecule has 3 saturated heterocycles. The molecule has 0 bridgehead atoms. The minimum Gasteiger partial charge on any atom is -0.379 e. The Bertz CT molecular complexity index is 576. The van der Waals surface area contributed by atoms with E-state index in [1.165, 1.54) is 0 Å². The molecule has 0 aromatic rings.